The Morgan fingerprint density at radius 3 is 2.41 bits per heavy atom. The van der Waals surface area contributed by atoms with Crippen LogP contribution in [0.25, 0.3) is 22.5 Å². The third-order valence-corrected chi connectivity index (χ3v) is 8.88. The number of rotatable bonds is 15. The summed E-state index contributed by atoms with van der Waals surface area (Å²) in [5, 5.41) is 37.7. The van der Waals surface area contributed by atoms with Gasteiger partial charge in [0.1, 0.15) is 5.82 Å². The van der Waals surface area contributed by atoms with Crippen LogP contribution in [-0.2, 0) is 17.7 Å². The number of hydrogen-bond acceptors (Lipinski definition) is 8. The molecule has 3 heterocycles. The van der Waals surface area contributed by atoms with Gasteiger partial charge in [-0.25, -0.2) is 4.98 Å². The molecule has 1 N–H and O–H groups in total. The molecule has 0 saturated heterocycles. The van der Waals surface area contributed by atoms with Gasteiger partial charge in [0.25, 0.3) is 5.69 Å². The SMILES string of the molecule is CCCCc1nc(Cl)c(C(O)c2cccc(C(=O)N(CC)CC)[n+]2[O-])n1Cc1ccc(-c2ccccc2-c2nnnn2C(C)OCC)cc1. The smallest absolute Gasteiger partial charge is 0.319 e. The minimum Gasteiger partial charge on any atom is -0.618 e. The topological polar surface area (TPSA) is 138 Å². The lowest BCUT2D eigenvalue weighted by atomic mass is 9.98. The second-order valence-electron chi connectivity index (χ2n) is 11.6. The lowest BCUT2D eigenvalue weighted by Gasteiger charge is -2.20. The fourth-order valence-electron chi connectivity index (χ4n) is 5.96. The van der Waals surface area contributed by atoms with Crippen molar-refractivity contribution in [2.45, 2.75) is 72.8 Å². The van der Waals surface area contributed by atoms with Crippen molar-refractivity contribution in [1.29, 1.82) is 0 Å². The van der Waals surface area contributed by atoms with Gasteiger partial charge in [0.2, 0.25) is 5.69 Å². The Morgan fingerprint density at radius 1 is 1.02 bits per heavy atom. The zero-order valence-electron chi connectivity index (χ0n) is 28.6. The number of amides is 1. The molecule has 0 radical (unpaired) electrons. The molecule has 5 rings (SSSR count). The van der Waals surface area contributed by atoms with E-state index in [2.05, 4.69) is 27.4 Å². The van der Waals surface area contributed by atoms with Crippen LogP contribution in [0, 0.1) is 5.21 Å². The second-order valence-corrected chi connectivity index (χ2v) is 12.0. The Morgan fingerprint density at radius 2 is 1.73 bits per heavy atom. The molecule has 0 aliphatic carbocycles. The molecule has 0 bridgehead atoms. The first-order chi connectivity index (χ1) is 23.7. The van der Waals surface area contributed by atoms with Crippen LogP contribution in [0.5, 0.6) is 0 Å². The van der Waals surface area contributed by atoms with E-state index < -0.39 is 12.0 Å². The molecule has 5 aromatic rings. The summed E-state index contributed by atoms with van der Waals surface area (Å²) in [6, 6.07) is 20.6. The number of hydrogen-bond donors (Lipinski definition) is 1. The largest absolute Gasteiger partial charge is 0.618 e. The third-order valence-electron chi connectivity index (χ3n) is 8.60. The molecule has 258 valence electrons. The van der Waals surface area contributed by atoms with Crippen molar-refractivity contribution in [2.24, 2.45) is 0 Å². The number of tetrazole rings is 1. The number of imidazole rings is 1. The number of aryl methyl sites for hydroxylation is 1. The van der Waals surface area contributed by atoms with Crippen LogP contribution in [0.3, 0.4) is 0 Å². The zero-order chi connectivity index (χ0) is 35.1. The van der Waals surface area contributed by atoms with Crippen LogP contribution < -0.4 is 4.73 Å². The number of ether oxygens (including phenoxy) is 1. The lowest BCUT2D eigenvalue weighted by Crippen LogP contribution is -2.45. The molecule has 2 unspecified atom stereocenters. The molecule has 2 atom stereocenters. The van der Waals surface area contributed by atoms with Crippen molar-refractivity contribution in [1.82, 2.24) is 34.7 Å². The van der Waals surface area contributed by atoms with Crippen LogP contribution in [0.15, 0.2) is 66.7 Å². The van der Waals surface area contributed by atoms with E-state index in [0.29, 0.717) is 54.7 Å². The standard InChI is InChI=1S/C36H43ClN8O4/c1-6-10-18-31-38-34(37)32(33(46)29-16-13-17-30(45(29)48)36(47)42(7-2)8-3)43(31)23-25-19-21-26(22-20-25)27-14-11-12-15-28(27)35-39-40-41-44(35)24(5)49-9-4/h11-17,19-22,24,33,46H,6-10,18,23H2,1-5H3. The second kappa shape index (κ2) is 16.2. The Bertz CT molecular complexity index is 1870. The molecule has 0 aliphatic heterocycles. The fourth-order valence-corrected chi connectivity index (χ4v) is 6.26. The van der Waals surface area contributed by atoms with E-state index in [4.69, 9.17) is 16.3 Å². The number of halogens is 1. The van der Waals surface area contributed by atoms with Gasteiger partial charge in [-0.2, -0.15) is 9.41 Å². The maximum Gasteiger partial charge on any atom is 0.319 e. The van der Waals surface area contributed by atoms with Gasteiger partial charge in [0.15, 0.2) is 23.3 Å². The molecule has 2 aromatic carbocycles. The number of pyridine rings is 1. The average molecular weight is 687 g/mol. The molecular formula is C36H43ClN8O4. The first-order valence-electron chi connectivity index (χ1n) is 16.8. The molecule has 0 aliphatic rings. The summed E-state index contributed by atoms with van der Waals surface area (Å²) in [6.45, 7) is 11.4. The lowest BCUT2D eigenvalue weighted by molar-refractivity contribution is -0.620. The van der Waals surface area contributed by atoms with Crippen LogP contribution in [0.1, 0.15) is 93.1 Å². The quantitative estimate of drug-likeness (QED) is 0.105. The molecule has 3 aromatic heterocycles. The number of carbonyl (C=O) groups is 1. The highest BCUT2D eigenvalue weighted by Crippen LogP contribution is 2.33. The molecule has 0 saturated carbocycles. The fraction of sp³-hybridized carbons (Fsp3) is 0.389. The summed E-state index contributed by atoms with van der Waals surface area (Å²) in [5.41, 5.74) is 3.97. The monoisotopic (exact) mass is 686 g/mol. The predicted octanol–water partition coefficient (Wildman–Crippen LogP) is 6.00. The van der Waals surface area contributed by atoms with Crippen molar-refractivity contribution in [3.8, 4) is 22.5 Å². The maximum absolute atomic E-state index is 13.5. The number of aliphatic hydroxyl groups excluding tert-OH is 1. The first kappa shape index (κ1) is 35.7. The van der Waals surface area contributed by atoms with E-state index in [1.165, 1.54) is 12.1 Å². The van der Waals surface area contributed by atoms with Gasteiger partial charge < -0.3 is 24.5 Å². The number of nitrogens with zero attached hydrogens (tertiary/aromatic N) is 8. The van der Waals surface area contributed by atoms with E-state index in [9.17, 15) is 15.1 Å². The minimum absolute atomic E-state index is 0.00366. The molecular weight excluding hydrogens is 644 g/mol. The van der Waals surface area contributed by atoms with E-state index >= 15 is 0 Å². The summed E-state index contributed by atoms with van der Waals surface area (Å²) >= 11 is 6.71. The van der Waals surface area contributed by atoms with Crippen molar-refractivity contribution in [3.63, 3.8) is 0 Å². The summed E-state index contributed by atoms with van der Waals surface area (Å²) in [7, 11) is 0. The van der Waals surface area contributed by atoms with Crippen LogP contribution in [0.2, 0.25) is 5.15 Å². The van der Waals surface area contributed by atoms with Gasteiger partial charge in [-0.05, 0) is 67.3 Å². The van der Waals surface area contributed by atoms with Crippen LogP contribution >= 0.6 is 11.6 Å². The summed E-state index contributed by atoms with van der Waals surface area (Å²) in [4.78, 5) is 19.3. The molecule has 0 fully saturated rings. The van der Waals surface area contributed by atoms with Crippen molar-refractivity contribution in [2.75, 3.05) is 19.7 Å². The maximum atomic E-state index is 13.5. The normalized spacial score (nSPS) is 12.6. The highest BCUT2D eigenvalue weighted by molar-refractivity contribution is 6.30. The number of carbonyl (C=O) groups excluding carboxylic acids is 1. The summed E-state index contributed by atoms with van der Waals surface area (Å²) < 4.78 is 9.81. The van der Waals surface area contributed by atoms with Gasteiger partial charge in [-0.15, -0.1) is 5.10 Å². The summed E-state index contributed by atoms with van der Waals surface area (Å²) in [6.07, 6.45) is 0.698. The van der Waals surface area contributed by atoms with Gasteiger partial charge in [0, 0.05) is 50.4 Å². The van der Waals surface area contributed by atoms with E-state index in [0.717, 1.165) is 35.1 Å². The summed E-state index contributed by atoms with van der Waals surface area (Å²) in [5.74, 6) is 0.906. The Kier molecular flexibility index (Phi) is 11.8. The number of unbranched alkanes of at least 4 members (excludes halogenated alkanes) is 1. The number of benzene rings is 2. The van der Waals surface area contributed by atoms with Crippen molar-refractivity contribution in [3.05, 3.63) is 106 Å². The van der Waals surface area contributed by atoms with E-state index in [-0.39, 0.29) is 22.8 Å². The van der Waals surface area contributed by atoms with Gasteiger partial charge in [-0.1, -0.05) is 73.5 Å². The van der Waals surface area contributed by atoms with Gasteiger partial charge in [0.05, 0.1) is 5.69 Å². The molecule has 1 amide bonds. The average Bonchev–Trinajstić information content (AvgIpc) is 3.72. The number of aromatic nitrogens is 7. The molecule has 12 nitrogen and oxygen atoms in total. The molecule has 0 spiro atoms. The van der Waals surface area contributed by atoms with E-state index in [1.807, 2.05) is 80.8 Å². The van der Waals surface area contributed by atoms with Gasteiger partial charge in [-0.3, -0.25) is 4.79 Å². The highest BCUT2D eigenvalue weighted by Gasteiger charge is 2.32. The Balaban J connectivity index is 1.49. The zero-order valence-corrected chi connectivity index (χ0v) is 29.3. The molecule has 49 heavy (non-hydrogen) atoms. The van der Waals surface area contributed by atoms with Crippen molar-refractivity contribution >= 4 is 17.5 Å². The number of aliphatic hydroxyl groups is 1. The first-order valence-corrected chi connectivity index (χ1v) is 17.1. The van der Waals surface area contributed by atoms with Gasteiger partial charge >= 0.3 is 5.91 Å². The highest BCUT2D eigenvalue weighted by atomic mass is 35.5. The third kappa shape index (κ3) is 7.51. The Hall–Kier alpha value is -4.65. The van der Waals surface area contributed by atoms with Crippen molar-refractivity contribution < 1.29 is 19.4 Å². The Labute approximate surface area is 291 Å². The van der Waals surface area contributed by atoms with Crippen LogP contribution in [-0.4, -0.2) is 65.4 Å². The van der Waals surface area contributed by atoms with Crippen LogP contribution in [0.4, 0.5) is 0 Å². The predicted molar refractivity (Wildman–Crippen MR) is 187 cm³/mol. The van der Waals surface area contributed by atoms with E-state index in [1.54, 1.807) is 15.6 Å². The minimum atomic E-state index is -1.42. The molecule has 13 heteroatoms.